The monoisotopic (exact) mass is 170 g/mol. The Morgan fingerprint density at radius 3 is 2.17 bits per heavy atom. The first-order valence-electron chi connectivity index (χ1n) is 3.77. The molecule has 0 aromatic carbocycles. The topological polar surface area (TPSA) is 47.1 Å². The fourth-order valence-corrected chi connectivity index (χ4v) is 1.01. The zero-order valence-corrected chi connectivity index (χ0v) is 7.84. The van der Waals surface area contributed by atoms with Crippen LogP contribution in [0.15, 0.2) is 0 Å². The van der Waals surface area contributed by atoms with Crippen molar-refractivity contribution in [3.05, 3.63) is 17.2 Å². The van der Waals surface area contributed by atoms with E-state index in [0.29, 0.717) is 0 Å². The van der Waals surface area contributed by atoms with Crippen molar-refractivity contribution in [2.75, 3.05) is 14.2 Å². The van der Waals surface area contributed by atoms with E-state index in [1.54, 1.807) is 14.2 Å². The van der Waals surface area contributed by atoms with Crippen molar-refractivity contribution in [3.63, 3.8) is 0 Å². The molecule has 0 aliphatic carbocycles. The Morgan fingerprint density at radius 2 is 1.83 bits per heavy atom. The molecule has 0 unspecified atom stereocenters. The van der Waals surface area contributed by atoms with Gasteiger partial charge < -0.3 is 14.5 Å². The van der Waals surface area contributed by atoms with Crippen LogP contribution in [0, 0.1) is 13.8 Å². The van der Waals surface area contributed by atoms with Crippen molar-refractivity contribution >= 4 is 0 Å². The smallest absolute Gasteiger partial charge is 0.216 e. The predicted octanol–water partition coefficient (Wildman–Crippen LogP) is 1.32. The zero-order chi connectivity index (χ0) is 9.14. The van der Waals surface area contributed by atoms with E-state index in [4.69, 9.17) is 9.47 Å². The van der Waals surface area contributed by atoms with Gasteiger partial charge in [-0.15, -0.1) is 0 Å². The molecule has 0 bridgehead atoms. The van der Waals surface area contributed by atoms with Gasteiger partial charge in [-0.1, -0.05) is 0 Å². The highest BCUT2D eigenvalue weighted by Gasteiger charge is 2.13. The summed E-state index contributed by atoms with van der Waals surface area (Å²) in [4.78, 5) is 7.33. The average Bonchev–Trinajstić information content (AvgIpc) is 2.35. The molecular weight excluding hydrogens is 156 g/mol. The first-order valence-corrected chi connectivity index (χ1v) is 3.77. The molecule has 0 fully saturated rings. The van der Waals surface area contributed by atoms with Gasteiger partial charge >= 0.3 is 0 Å². The summed E-state index contributed by atoms with van der Waals surface area (Å²) >= 11 is 0. The molecule has 0 aliphatic rings. The fourth-order valence-electron chi connectivity index (χ4n) is 1.01. The van der Waals surface area contributed by atoms with Crippen LogP contribution in [-0.2, 0) is 9.47 Å². The lowest BCUT2D eigenvalue weighted by Crippen LogP contribution is -2.05. The van der Waals surface area contributed by atoms with Gasteiger partial charge in [0, 0.05) is 19.9 Å². The second-order valence-electron chi connectivity index (χ2n) is 2.64. The molecule has 1 N–H and O–H groups in total. The fraction of sp³-hybridized carbons (Fsp3) is 0.625. The summed E-state index contributed by atoms with van der Waals surface area (Å²) in [6, 6.07) is 0. The summed E-state index contributed by atoms with van der Waals surface area (Å²) in [6.45, 7) is 3.91. The molecule has 0 spiro atoms. The van der Waals surface area contributed by atoms with Gasteiger partial charge in [-0.3, -0.25) is 0 Å². The van der Waals surface area contributed by atoms with Crippen LogP contribution in [0.4, 0.5) is 0 Å². The van der Waals surface area contributed by atoms with Crippen molar-refractivity contribution < 1.29 is 9.47 Å². The molecule has 1 heterocycles. The van der Waals surface area contributed by atoms with E-state index < -0.39 is 6.29 Å². The standard InChI is InChI=1S/C8H14N2O2/c1-5-6(2)10-7(9-5)8(11-3)12-4/h8H,1-4H3,(H,9,10). The van der Waals surface area contributed by atoms with Gasteiger partial charge in [-0.2, -0.15) is 0 Å². The quantitative estimate of drug-likeness (QED) is 0.696. The second-order valence-corrected chi connectivity index (χ2v) is 2.64. The van der Waals surface area contributed by atoms with Gasteiger partial charge in [0.25, 0.3) is 0 Å². The highest BCUT2D eigenvalue weighted by Crippen LogP contribution is 2.14. The Labute approximate surface area is 71.9 Å². The highest BCUT2D eigenvalue weighted by molar-refractivity contribution is 5.11. The molecule has 12 heavy (non-hydrogen) atoms. The number of ether oxygens (including phenoxy) is 2. The Hall–Kier alpha value is -0.870. The molecule has 1 aromatic rings. The van der Waals surface area contributed by atoms with E-state index in [9.17, 15) is 0 Å². The number of nitrogens with one attached hydrogen (secondary N) is 1. The Morgan fingerprint density at radius 1 is 1.25 bits per heavy atom. The maximum absolute atomic E-state index is 5.04. The number of hydrogen-bond donors (Lipinski definition) is 1. The molecule has 4 heteroatoms. The largest absolute Gasteiger partial charge is 0.349 e. The van der Waals surface area contributed by atoms with Crippen LogP contribution in [0.2, 0.25) is 0 Å². The Kier molecular flexibility index (Phi) is 2.83. The first kappa shape index (κ1) is 9.22. The summed E-state index contributed by atoms with van der Waals surface area (Å²) in [7, 11) is 3.17. The molecule has 4 nitrogen and oxygen atoms in total. The van der Waals surface area contributed by atoms with Gasteiger partial charge in [0.15, 0.2) is 5.82 Å². The predicted molar refractivity (Wildman–Crippen MR) is 44.8 cm³/mol. The van der Waals surface area contributed by atoms with Crippen LogP contribution in [0.3, 0.4) is 0 Å². The van der Waals surface area contributed by atoms with Crippen LogP contribution >= 0.6 is 0 Å². The van der Waals surface area contributed by atoms with E-state index >= 15 is 0 Å². The van der Waals surface area contributed by atoms with Crippen LogP contribution < -0.4 is 0 Å². The summed E-state index contributed by atoms with van der Waals surface area (Å²) < 4.78 is 10.1. The maximum Gasteiger partial charge on any atom is 0.216 e. The minimum atomic E-state index is -0.391. The first-order chi connectivity index (χ1) is 5.69. The van der Waals surface area contributed by atoms with Crippen LogP contribution in [0.25, 0.3) is 0 Å². The third kappa shape index (κ3) is 1.65. The van der Waals surface area contributed by atoms with Crippen molar-refractivity contribution in [3.8, 4) is 0 Å². The van der Waals surface area contributed by atoms with Gasteiger partial charge in [0.05, 0.1) is 5.69 Å². The number of hydrogen-bond acceptors (Lipinski definition) is 3. The van der Waals surface area contributed by atoms with Crippen LogP contribution in [-0.4, -0.2) is 24.2 Å². The highest BCUT2D eigenvalue weighted by atomic mass is 16.7. The van der Waals surface area contributed by atoms with Crippen molar-refractivity contribution in [2.45, 2.75) is 20.1 Å². The van der Waals surface area contributed by atoms with Crippen molar-refractivity contribution in [2.24, 2.45) is 0 Å². The third-order valence-electron chi connectivity index (χ3n) is 1.80. The summed E-state index contributed by atoms with van der Waals surface area (Å²) in [6.07, 6.45) is -0.391. The normalized spacial score (nSPS) is 11.1. The van der Waals surface area contributed by atoms with Gasteiger partial charge in [-0.25, -0.2) is 4.98 Å². The Balaban J connectivity index is 2.86. The molecule has 68 valence electrons. The number of methoxy groups -OCH3 is 2. The number of rotatable bonds is 3. The summed E-state index contributed by atoms with van der Waals surface area (Å²) in [5.41, 5.74) is 2.02. The number of aromatic amines is 1. The number of imidazole rings is 1. The van der Waals surface area contributed by atoms with Gasteiger partial charge in [0.2, 0.25) is 6.29 Å². The summed E-state index contributed by atoms with van der Waals surface area (Å²) in [5.74, 6) is 0.718. The average molecular weight is 170 g/mol. The zero-order valence-electron chi connectivity index (χ0n) is 7.84. The third-order valence-corrected chi connectivity index (χ3v) is 1.80. The molecule has 1 aromatic heterocycles. The SMILES string of the molecule is COC(OC)c1nc(C)c(C)[nH]1. The van der Waals surface area contributed by atoms with Crippen LogP contribution in [0.5, 0.6) is 0 Å². The number of aryl methyl sites for hydroxylation is 2. The molecule has 1 rings (SSSR count). The van der Waals surface area contributed by atoms with Gasteiger partial charge in [-0.05, 0) is 13.8 Å². The molecule has 0 radical (unpaired) electrons. The molecule has 0 aliphatic heterocycles. The molecule has 0 amide bonds. The lowest BCUT2D eigenvalue weighted by atomic mass is 10.4. The number of H-pyrrole nitrogens is 1. The molecule has 0 saturated carbocycles. The van der Waals surface area contributed by atoms with Crippen LogP contribution in [0.1, 0.15) is 23.5 Å². The number of aromatic nitrogens is 2. The van der Waals surface area contributed by atoms with Gasteiger partial charge in [0.1, 0.15) is 0 Å². The number of nitrogens with zero attached hydrogens (tertiary/aromatic N) is 1. The van der Waals surface area contributed by atoms with E-state index in [1.807, 2.05) is 13.8 Å². The molecular formula is C8H14N2O2. The van der Waals surface area contributed by atoms with Crippen molar-refractivity contribution in [1.29, 1.82) is 0 Å². The maximum atomic E-state index is 5.04. The second kappa shape index (κ2) is 3.69. The Bertz CT molecular complexity index is 234. The molecule has 0 atom stereocenters. The van der Waals surface area contributed by atoms with E-state index in [-0.39, 0.29) is 0 Å². The lowest BCUT2D eigenvalue weighted by molar-refractivity contribution is -0.111. The van der Waals surface area contributed by atoms with E-state index in [0.717, 1.165) is 17.2 Å². The lowest BCUT2D eigenvalue weighted by Gasteiger charge is -2.09. The van der Waals surface area contributed by atoms with Crippen molar-refractivity contribution in [1.82, 2.24) is 9.97 Å². The molecule has 0 saturated heterocycles. The minimum Gasteiger partial charge on any atom is -0.349 e. The minimum absolute atomic E-state index is 0.391. The summed E-state index contributed by atoms with van der Waals surface area (Å²) in [5, 5.41) is 0. The van der Waals surface area contributed by atoms with E-state index in [2.05, 4.69) is 9.97 Å². The van der Waals surface area contributed by atoms with E-state index in [1.165, 1.54) is 0 Å².